The van der Waals surface area contributed by atoms with Gasteiger partial charge in [-0.2, -0.15) is 0 Å². The molecule has 0 spiro atoms. The first-order chi connectivity index (χ1) is 11.1. The van der Waals surface area contributed by atoms with Crippen molar-refractivity contribution in [2.45, 2.75) is 13.0 Å². The molecule has 6 heteroatoms. The second-order valence-electron chi connectivity index (χ2n) is 4.79. The summed E-state index contributed by atoms with van der Waals surface area (Å²) in [4.78, 5) is 23.8. The maximum atomic E-state index is 11.9. The minimum Gasteiger partial charge on any atom is -0.495 e. The maximum Gasteiger partial charge on any atom is 0.233 e. The first kappa shape index (κ1) is 16.8. The standard InChI is InChI=1S/C17H17ClN2O3/c1-23-15-9-5-4-8-14(15)20-17(22)10-16(21)19-11-12-6-2-3-7-13(12)18/h2-9H,10-11H2,1H3,(H,19,21)(H,20,22). The smallest absolute Gasteiger partial charge is 0.233 e. The van der Waals surface area contributed by atoms with Crippen molar-refractivity contribution in [3.8, 4) is 5.75 Å². The molecule has 0 aliphatic carbocycles. The summed E-state index contributed by atoms with van der Waals surface area (Å²) in [7, 11) is 1.52. The summed E-state index contributed by atoms with van der Waals surface area (Å²) in [5.74, 6) is -0.249. The molecule has 0 fully saturated rings. The van der Waals surface area contributed by atoms with Crippen molar-refractivity contribution in [1.29, 1.82) is 0 Å². The Morgan fingerprint density at radius 1 is 1.04 bits per heavy atom. The van der Waals surface area contributed by atoms with E-state index in [2.05, 4.69) is 10.6 Å². The number of benzene rings is 2. The third kappa shape index (κ3) is 5.00. The number of hydrogen-bond donors (Lipinski definition) is 2. The molecule has 0 heterocycles. The second-order valence-corrected chi connectivity index (χ2v) is 5.20. The number of halogens is 1. The Morgan fingerprint density at radius 2 is 1.74 bits per heavy atom. The average molecular weight is 333 g/mol. The van der Waals surface area contributed by atoms with E-state index in [0.717, 1.165) is 5.56 Å². The van der Waals surface area contributed by atoms with Crippen LogP contribution in [0.5, 0.6) is 5.75 Å². The number of ether oxygens (including phenoxy) is 1. The molecule has 0 radical (unpaired) electrons. The molecule has 23 heavy (non-hydrogen) atoms. The molecule has 2 rings (SSSR count). The predicted molar refractivity (Wildman–Crippen MR) is 89.5 cm³/mol. The van der Waals surface area contributed by atoms with Crippen LogP contribution in [0.2, 0.25) is 5.02 Å². The fraction of sp³-hybridized carbons (Fsp3) is 0.176. The summed E-state index contributed by atoms with van der Waals surface area (Å²) in [6, 6.07) is 14.2. The van der Waals surface area contributed by atoms with Gasteiger partial charge in [-0.05, 0) is 23.8 Å². The average Bonchev–Trinajstić information content (AvgIpc) is 2.54. The highest BCUT2D eigenvalue weighted by Gasteiger charge is 2.12. The number of methoxy groups -OCH3 is 1. The molecule has 2 aromatic rings. The van der Waals surface area contributed by atoms with Gasteiger partial charge in [-0.15, -0.1) is 0 Å². The van der Waals surface area contributed by atoms with Crippen molar-refractivity contribution in [3.63, 3.8) is 0 Å². The van der Waals surface area contributed by atoms with Gasteiger partial charge in [-0.3, -0.25) is 9.59 Å². The third-order valence-electron chi connectivity index (χ3n) is 3.14. The van der Waals surface area contributed by atoms with E-state index in [9.17, 15) is 9.59 Å². The molecule has 0 bridgehead atoms. The summed E-state index contributed by atoms with van der Waals surface area (Å²) < 4.78 is 5.14. The molecule has 0 saturated heterocycles. The molecular formula is C17H17ClN2O3. The quantitative estimate of drug-likeness (QED) is 0.799. The summed E-state index contributed by atoms with van der Waals surface area (Å²) in [6.07, 6.45) is -0.275. The first-order valence-electron chi connectivity index (χ1n) is 7.03. The maximum absolute atomic E-state index is 11.9. The van der Waals surface area contributed by atoms with Gasteiger partial charge < -0.3 is 15.4 Å². The number of amides is 2. The molecule has 2 amide bonds. The molecule has 0 aromatic heterocycles. The van der Waals surface area contributed by atoms with Crippen LogP contribution in [0.3, 0.4) is 0 Å². The number of carbonyl (C=O) groups excluding carboxylic acids is 2. The summed E-state index contributed by atoms with van der Waals surface area (Å²) in [5.41, 5.74) is 1.33. The lowest BCUT2D eigenvalue weighted by Gasteiger charge is -2.10. The fourth-order valence-corrected chi connectivity index (χ4v) is 2.19. The van der Waals surface area contributed by atoms with Crippen molar-refractivity contribution < 1.29 is 14.3 Å². The van der Waals surface area contributed by atoms with Gasteiger partial charge in [0, 0.05) is 11.6 Å². The molecule has 120 valence electrons. The molecular weight excluding hydrogens is 316 g/mol. The van der Waals surface area contributed by atoms with Gasteiger partial charge in [-0.1, -0.05) is 41.9 Å². The highest BCUT2D eigenvalue weighted by Crippen LogP contribution is 2.23. The molecule has 0 saturated carbocycles. The molecule has 2 N–H and O–H groups in total. The van der Waals surface area contributed by atoms with Crippen molar-refractivity contribution in [2.24, 2.45) is 0 Å². The second kappa shape index (κ2) is 8.19. The Balaban J connectivity index is 1.85. The Kier molecular flexibility index (Phi) is 6.00. The topological polar surface area (TPSA) is 67.4 Å². The number of para-hydroxylation sites is 2. The monoisotopic (exact) mass is 332 g/mol. The van der Waals surface area contributed by atoms with E-state index in [1.807, 2.05) is 18.2 Å². The van der Waals surface area contributed by atoms with Gasteiger partial charge in [-0.25, -0.2) is 0 Å². The van der Waals surface area contributed by atoms with E-state index in [-0.39, 0.29) is 18.9 Å². The van der Waals surface area contributed by atoms with Gasteiger partial charge in [0.25, 0.3) is 0 Å². The number of anilines is 1. The zero-order valence-corrected chi connectivity index (χ0v) is 13.4. The van der Waals surface area contributed by atoms with E-state index in [1.54, 1.807) is 30.3 Å². The van der Waals surface area contributed by atoms with Crippen molar-refractivity contribution in [3.05, 3.63) is 59.1 Å². The van der Waals surface area contributed by atoms with E-state index in [0.29, 0.717) is 16.5 Å². The predicted octanol–water partition coefficient (Wildman–Crippen LogP) is 2.99. The van der Waals surface area contributed by atoms with Crippen molar-refractivity contribution in [2.75, 3.05) is 12.4 Å². The summed E-state index contributed by atoms with van der Waals surface area (Å²) in [6.45, 7) is 0.278. The van der Waals surface area contributed by atoms with Crippen LogP contribution in [-0.2, 0) is 16.1 Å². The fourth-order valence-electron chi connectivity index (χ4n) is 1.99. The Bertz CT molecular complexity index is 704. The van der Waals surface area contributed by atoms with E-state index < -0.39 is 5.91 Å². The van der Waals surface area contributed by atoms with Gasteiger partial charge in [0.1, 0.15) is 12.2 Å². The summed E-state index contributed by atoms with van der Waals surface area (Å²) in [5, 5.41) is 5.90. The first-order valence-corrected chi connectivity index (χ1v) is 7.41. The van der Waals surface area contributed by atoms with Crippen LogP contribution in [0.4, 0.5) is 5.69 Å². The normalized spacial score (nSPS) is 10.0. The van der Waals surface area contributed by atoms with Crippen LogP contribution < -0.4 is 15.4 Å². The Morgan fingerprint density at radius 3 is 2.48 bits per heavy atom. The third-order valence-corrected chi connectivity index (χ3v) is 3.50. The van der Waals surface area contributed by atoms with Crippen LogP contribution in [-0.4, -0.2) is 18.9 Å². The zero-order chi connectivity index (χ0) is 16.7. The van der Waals surface area contributed by atoms with Gasteiger partial charge >= 0.3 is 0 Å². The number of rotatable bonds is 6. The largest absolute Gasteiger partial charge is 0.495 e. The van der Waals surface area contributed by atoms with Crippen molar-refractivity contribution >= 4 is 29.1 Å². The minimum absolute atomic E-state index is 0.275. The molecule has 0 aliphatic heterocycles. The zero-order valence-electron chi connectivity index (χ0n) is 12.6. The minimum atomic E-state index is -0.411. The molecule has 0 aliphatic rings. The summed E-state index contributed by atoms with van der Waals surface area (Å²) >= 11 is 6.01. The van der Waals surface area contributed by atoms with Crippen LogP contribution in [0.1, 0.15) is 12.0 Å². The Labute approximate surface area is 139 Å². The van der Waals surface area contributed by atoms with Crippen LogP contribution in [0.25, 0.3) is 0 Å². The van der Waals surface area contributed by atoms with E-state index >= 15 is 0 Å². The lowest BCUT2D eigenvalue weighted by atomic mass is 10.2. The molecule has 5 nitrogen and oxygen atoms in total. The lowest BCUT2D eigenvalue weighted by Crippen LogP contribution is -2.27. The van der Waals surface area contributed by atoms with Crippen LogP contribution in [0.15, 0.2) is 48.5 Å². The molecule has 0 unspecified atom stereocenters. The SMILES string of the molecule is COc1ccccc1NC(=O)CC(=O)NCc1ccccc1Cl. The van der Waals surface area contributed by atoms with E-state index in [4.69, 9.17) is 16.3 Å². The molecule has 2 aromatic carbocycles. The highest BCUT2D eigenvalue weighted by atomic mass is 35.5. The number of hydrogen-bond acceptors (Lipinski definition) is 3. The van der Waals surface area contributed by atoms with Gasteiger partial charge in [0.2, 0.25) is 11.8 Å². The van der Waals surface area contributed by atoms with Crippen LogP contribution >= 0.6 is 11.6 Å². The number of nitrogens with one attached hydrogen (secondary N) is 2. The van der Waals surface area contributed by atoms with Gasteiger partial charge in [0.15, 0.2) is 0 Å². The van der Waals surface area contributed by atoms with E-state index in [1.165, 1.54) is 7.11 Å². The van der Waals surface area contributed by atoms with Gasteiger partial charge in [0.05, 0.1) is 12.8 Å². The molecule has 0 atom stereocenters. The highest BCUT2D eigenvalue weighted by molar-refractivity contribution is 6.31. The Hall–Kier alpha value is -2.53. The van der Waals surface area contributed by atoms with Crippen LogP contribution in [0, 0.1) is 0 Å². The van der Waals surface area contributed by atoms with Crippen molar-refractivity contribution in [1.82, 2.24) is 5.32 Å². The number of carbonyl (C=O) groups is 2. The lowest BCUT2D eigenvalue weighted by molar-refractivity contribution is -0.126.